The average molecular weight is 649 g/mol. The molecule has 47 heavy (non-hydrogen) atoms. The summed E-state index contributed by atoms with van der Waals surface area (Å²) in [5.74, 6) is 0.0756. The van der Waals surface area contributed by atoms with Crippen molar-refractivity contribution in [2.45, 2.75) is 58.5 Å². The van der Waals surface area contributed by atoms with Crippen molar-refractivity contribution in [1.82, 2.24) is 31.0 Å². The first-order valence-electron chi connectivity index (χ1n) is 15.8. The van der Waals surface area contributed by atoms with Gasteiger partial charge in [0, 0.05) is 31.3 Å². The second-order valence-corrected chi connectivity index (χ2v) is 11.7. The average Bonchev–Trinajstić information content (AvgIpc) is 3.58. The van der Waals surface area contributed by atoms with Crippen molar-refractivity contribution in [3.8, 4) is 23.0 Å². The molecule has 1 aliphatic rings. The van der Waals surface area contributed by atoms with Crippen molar-refractivity contribution in [3.05, 3.63) is 65.5 Å². The fourth-order valence-corrected chi connectivity index (χ4v) is 5.28. The van der Waals surface area contributed by atoms with Crippen LogP contribution in [0.2, 0.25) is 0 Å². The number of nitrogens with zero attached hydrogens (tertiary/aromatic N) is 2. The Morgan fingerprint density at radius 1 is 1.04 bits per heavy atom. The fraction of sp³-hybridized carbons (Fsp3) is 0.441. The van der Waals surface area contributed by atoms with E-state index in [1.54, 1.807) is 48.8 Å². The zero-order chi connectivity index (χ0) is 33.8. The van der Waals surface area contributed by atoms with E-state index in [0.29, 0.717) is 72.9 Å². The molecule has 0 aliphatic carbocycles. The summed E-state index contributed by atoms with van der Waals surface area (Å²) in [4.78, 5) is 54.6. The molecule has 252 valence electrons. The van der Waals surface area contributed by atoms with E-state index in [4.69, 9.17) is 14.2 Å². The Labute approximate surface area is 274 Å². The van der Waals surface area contributed by atoms with Crippen molar-refractivity contribution < 1.29 is 33.4 Å². The number of amides is 4. The molecular weight excluding hydrogens is 604 g/mol. The summed E-state index contributed by atoms with van der Waals surface area (Å²) in [5.41, 5.74) is 1.92. The number of nitrogens with one attached hydrogen (secondary N) is 4. The molecule has 0 fully saturated rings. The minimum atomic E-state index is -0.850. The maximum absolute atomic E-state index is 13.5. The lowest BCUT2D eigenvalue weighted by molar-refractivity contribution is -0.137. The summed E-state index contributed by atoms with van der Waals surface area (Å²) in [6.07, 6.45) is 6.18. The number of aromatic amines is 1. The van der Waals surface area contributed by atoms with Gasteiger partial charge in [0.2, 0.25) is 17.7 Å². The number of hydrogen-bond acceptors (Lipinski definition) is 8. The molecule has 13 nitrogen and oxygen atoms in total. The van der Waals surface area contributed by atoms with Gasteiger partial charge in [-0.05, 0) is 67.5 Å². The van der Waals surface area contributed by atoms with Gasteiger partial charge in [-0.1, -0.05) is 19.9 Å². The summed E-state index contributed by atoms with van der Waals surface area (Å²) < 4.78 is 17.3. The minimum absolute atomic E-state index is 0.0288. The maximum atomic E-state index is 13.5. The third-order valence-corrected chi connectivity index (χ3v) is 7.90. The van der Waals surface area contributed by atoms with E-state index in [1.165, 1.54) is 19.1 Å². The molecule has 2 aromatic carbocycles. The zero-order valence-corrected chi connectivity index (χ0v) is 27.4. The second-order valence-electron chi connectivity index (χ2n) is 11.7. The first-order valence-corrected chi connectivity index (χ1v) is 15.8. The van der Waals surface area contributed by atoms with E-state index in [1.807, 2.05) is 13.8 Å². The zero-order valence-electron chi connectivity index (χ0n) is 27.4. The monoisotopic (exact) mass is 648 g/mol. The van der Waals surface area contributed by atoms with Gasteiger partial charge in [-0.3, -0.25) is 24.3 Å². The number of aromatic nitrogens is 2. The van der Waals surface area contributed by atoms with E-state index in [2.05, 4.69) is 26.1 Å². The van der Waals surface area contributed by atoms with Gasteiger partial charge in [0.25, 0.3) is 5.91 Å². The van der Waals surface area contributed by atoms with Crippen LogP contribution in [-0.2, 0) is 27.3 Å². The number of methoxy groups -OCH3 is 2. The quantitative estimate of drug-likeness (QED) is 0.303. The second kappa shape index (κ2) is 17.0. The van der Waals surface area contributed by atoms with Crippen LogP contribution in [0.15, 0.2) is 48.8 Å². The maximum Gasteiger partial charge on any atom is 0.251 e. The number of benzene rings is 2. The van der Waals surface area contributed by atoms with Crippen molar-refractivity contribution in [2.75, 3.05) is 33.9 Å². The van der Waals surface area contributed by atoms with Gasteiger partial charge >= 0.3 is 0 Å². The molecule has 2 heterocycles. The highest BCUT2D eigenvalue weighted by atomic mass is 16.5. The Hall–Kier alpha value is -5.07. The summed E-state index contributed by atoms with van der Waals surface area (Å²) in [7, 11) is 3.02. The molecule has 13 heteroatoms. The lowest BCUT2D eigenvalue weighted by Gasteiger charge is -2.26. The van der Waals surface area contributed by atoms with Crippen molar-refractivity contribution in [1.29, 1.82) is 0 Å². The molecule has 4 rings (SSSR count). The van der Waals surface area contributed by atoms with Crippen LogP contribution in [0.3, 0.4) is 0 Å². The van der Waals surface area contributed by atoms with Gasteiger partial charge in [0.1, 0.15) is 17.5 Å². The fourth-order valence-electron chi connectivity index (χ4n) is 5.28. The molecule has 1 aliphatic heterocycles. The molecule has 4 N–H and O–H groups in total. The van der Waals surface area contributed by atoms with Gasteiger partial charge in [0.05, 0.1) is 39.1 Å². The van der Waals surface area contributed by atoms with Crippen molar-refractivity contribution >= 4 is 23.6 Å². The van der Waals surface area contributed by atoms with Gasteiger partial charge in [-0.25, -0.2) is 0 Å². The van der Waals surface area contributed by atoms with Crippen LogP contribution in [0.4, 0.5) is 0 Å². The van der Waals surface area contributed by atoms with E-state index < -0.39 is 17.9 Å². The standard InChI is InChI=1S/C34H44N6O7/c1-22(2)32-34(44)36-20-25-26(45-3)10-8-11-27(25)47-29-17-24(13-14-28(29)46-4)33(43)35-15-5-6-16-40(21-30(41)39-32)31(42)12-7-9-23-18-37-38-19-23/h8,10-11,13-14,17-19,22,32H,5-7,9,12,15-16,20-21H2,1-4H3,(H,35,43)(H,36,44)(H,37,38)(H,39,41)/t32-/m1/s1. The Bertz CT molecular complexity index is 1530. The van der Waals surface area contributed by atoms with Crippen LogP contribution in [0.1, 0.15) is 61.0 Å². The van der Waals surface area contributed by atoms with Crippen LogP contribution in [-0.4, -0.2) is 78.6 Å². The number of carbonyl (C=O) groups is 4. The Morgan fingerprint density at radius 3 is 2.57 bits per heavy atom. The van der Waals surface area contributed by atoms with Gasteiger partial charge in [0.15, 0.2) is 11.5 Å². The molecule has 0 radical (unpaired) electrons. The molecule has 2 bridgehead atoms. The third-order valence-electron chi connectivity index (χ3n) is 7.90. The number of fused-ring (bicyclic) bond motifs is 3. The molecule has 0 saturated heterocycles. The van der Waals surface area contributed by atoms with Gasteiger partial charge in [-0.2, -0.15) is 5.10 Å². The van der Waals surface area contributed by atoms with Gasteiger partial charge < -0.3 is 35.1 Å². The number of ether oxygens (including phenoxy) is 3. The predicted octanol–water partition coefficient (Wildman–Crippen LogP) is 3.35. The smallest absolute Gasteiger partial charge is 0.251 e. The SMILES string of the molecule is COc1ccc2cc1Oc1cccc(OC)c1CNC(=O)[C@@H](C(C)C)NC(=O)CN(C(=O)CCCc1cn[nH]c1)CCCCNC2=O. The van der Waals surface area contributed by atoms with Crippen LogP contribution in [0.5, 0.6) is 23.0 Å². The number of carbonyl (C=O) groups excluding carboxylic acids is 4. The Balaban J connectivity index is 1.59. The number of aryl methyl sites for hydroxylation is 1. The molecule has 0 unspecified atom stereocenters. The molecule has 4 amide bonds. The minimum Gasteiger partial charge on any atom is -0.496 e. The first-order chi connectivity index (χ1) is 22.7. The lowest BCUT2D eigenvalue weighted by atomic mass is 10.0. The topological polar surface area (TPSA) is 164 Å². The summed E-state index contributed by atoms with van der Waals surface area (Å²) >= 11 is 0. The molecule has 1 atom stereocenters. The first kappa shape index (κ1) is 34.8. The lowest BCUT2D eigenvalue weighted by Crippen LogP contribution is -2.52. The molecule has 3 aromatic rings. The number of H-pyrrole nitrogens is 1. The van der Waals surface area contributed by atoms with E-state index >= 15 is 0 Å². The van der Waals surface area contributed by atoms with E-state index in [9.17, 15) is 19.2 Å². The summed E-state index contributed by atoms with van der Waals surface area (Å²) in [6.45, 7) is 4.21. The third kappa shape index (κ3) is 9.71. The summed E-state index contributed by atoms with van der Waals surface area (Å²) in [6, 6.07) is 9.28. The normalized spacial score (nSPS) is 16.7. The molecule has 0 saturated carbocycles. The van der Waals surface area contributed by atoms with Crippen LogP contribution >= 0.6 is 0 Å². The van der Waals surface area contributed by atoms with Crippen molar-refractivity contribution in [3.63, 3.8) is 0 Å². The molecular formula is C34H44N6O7. The largest absolute Gasteiger partial charge is 0.496 e. The van der Waals surface area contributed by atoms with Crippen LogP contribution < -0.4 is 30.2 Å². The molecule has 0 spiro atoms. The number of hydrogen-bond donors (Lipinski definition) is 4. The van der Waals surface area contributed by atoms with E-state index in [-0.39, 0.29) is 37.2 Å². The van der Waals surface area contributed by atoms with E-state index in [0.717, 1.165) is 5.56 Å². The predicted molar refractivity (Wildman–Crippen MR) is 174 cm³/mol. The molecule has 1 aromatic heterocycles. The van der Waals surface area contributed by atoms with Crippen molar-refractivity contribution in [2.24, 2.45) is 5.92 Å². The Kier molecular flexibility index (Phi) is 12.6. The van der Waals surface area contributed by atoms with Crippen LogP contribution in [0.25, 0.3) is 0 Å². The summed E-state index contributed by atoms with van der Waals surface area (Å²) in [5, 5.41) is 15.4. The highest BCUT2D eigenvalue weighted by molar-refractivity contribution is 5.95. The highest BCUT2D eigenvalue weighted by Crippen LogP contribution is 2.37. The Morgan fingerprint density at radius 2 is 1.85 bits per heavy atom. The van der Waals surface area contributed by atoms with Gasteiger partial charge in [-0.15, -0.1) is 0 Å². The number of rotatable bonds is 7. The highest BCUT2D eigenvalue weighted by Gasteiger charge is 2.27. The van der Waals surface area contributed by atoms with Crippen LogP contribution in [0, 0.1) is 5.92 Å².